The van der Waals surface area contributed by atoms with E-state index in [1.54, 1.807) is 12.1 Å². The summed E-state index contributed by atoms with van der Waals surface area (Å²) in [5, 5.41) is 30.6. The van der Waals surface area contributed by atoms with Crippen LogP contribution in [-0.2, 0) is 6.54 Å². The Labute approximate surface area is 122 Å². The zero-order valence-corrected chi connectivity index (χ0v) is 11.5. The first-order chi connectivity index (χ1) is 10.2. The maximum Gasteiger partial charge on any atom is 0.177 e. The van der Waals surface area contributed by atoms with Crippen LogP contribution in [0.4, 0.5) is 0 Å². The molecule has 0 radical (unpaired) electrons. The Kier molecular flexibility index (Phi) is 4.31. The van der Waals surface area contributed by atoms with Gasteiger partial charge in [0.05, 0.1) is 11.3 Å². The lowest BCUT2D eigenvalue weighted by atomic mass is 10.1. The number of nitriles is 3. The number of hydrogen-bond donors (Lipinski definition) is 1. The lowest BCUT2D eigenvalue weighted by Crippen LogP contribution is -2.12. The van der Waals surface area contributed by atoms with Crippen molar-refractivity contribution in [1.29, 1.82) is 15.8 Å². The van der Waals surface area contributed by atoms with E-state index in [2.05, 4.69) is 16.4 Å². The predicted octanol–water partition coefficient (Wildman–Crippen LogP) is 1.60. The summed E-state index contributed by atoms with van der Waals surface area (Å²) in [6.45, 7) is 3.52. The second-order valence-electron chi connectivity index (χ2n) is 4.28. The van der Waals surface area contributed by atoms with E-state index in [1.165, 1.54) is 10.9 Å². The Morgan fingerprint density at radius 1 is 1.19 bits per heavy atom. The van der Waals surface area contributed by atoms with Crippen LogP contribution in [0.1, 0.15) is 29.4 Å². The number of imidazole rings is 1. The Hall–Kier alpha value is -3.14. The van der Waals surface area contributed by atoms with E-state index in [4.69, 9.17) is 10.5 Å². The summed E-state index contributed by atoms with van der Waals surface area (Å²) in [5.74, 6) is 0. The third-order valence-electron chi connectivity index (χ3n) is 3.00. The van der Waals surface area contributed by atoms with Gasteiger partial charge in [-0.2, -0.15) is 15.8 Å². The van der Waals surface area contributed by atoms with Crippen molar-refractivity contribution in [2.24, 2.45) is 0 Å². The number of benzene rings is 1. The first kappa shape index (κ1) is 14.3. The SMILES string of the molecule is CCNCc1ccc(-n2cnc(C#N)c2C#N)c(C#N)c1. The van der Waals surface area contributed by atoms with Crippen molar-refractivity contribution in [2.45, 2.75) is 13.5 Å². The van der Waals surface area contributed by atoms with Crippen LogP contribution in [-0.4, -0.2) is 16.1 Å². The molecule has 0 fully saturated rings. The van der Waals surface area contributed by atoms with Crippen LogP contribution in [0.3, 0.4) is 0 Å². The van der Waals surface area contributed by atoms with Crippen LogP contribution < -0.4 is 5.32 Å². The van der Waals surface area contributed by atoms with Gasteiger partial charge in [-0.15, -0.1) is 0 Å². The average molecular weight is 276 g/mol. The minimum Gasteiger partial charge on any atom is -0.313 e. The maximum atomic E-state index is 9.31. The van der Waals surface area contributed by atoms with Crippen LogP contribution in [0.5, 0.6) is 0 Å². The van der Waals surface area contributed by atoms with Crippen molar-refractivity contribution in [3.05, 3.63) is 47.0 Å². The second-order valence-corrected chi connectivity index (χ2v) is 4.28. The smallest absolute Gasteiger partial charge is 0.177 e. The normalized spacial score (nSPS) is 9.62. The molecule has 0 aliphatic rings. The Morgan fingerprint density at radius 3 is 2.62 bits per heavy atom. The first-order valence-corrected chi connectivity index (χ1v) is 6.36. The van der Waals surface area contributed by atoms with Crippen LogP contribution in [0, 0.1) is 34.0 Å². The quantitative estimate of drug-likeness (QED) is 0.913. The zero-order valence-electron chi connectivity index (χ0n) is 11.5. The highest BCUT2D eigenvalue weighted by Crippen LogP contribution is 2.19. The van der Waals surface area contributed by atoms with Gasteiger partial charge in [0, 0.05) is 6.54 Å². The molecule has 1 heterocycles. The van der Waals surface area contributed by atoms with E-state index in [1.807, 2.05) is 25.1 Å². The number of aromatic nitrogens is 2. The summed E-state index contributed by atoms with van der Waals surface area (Å²) < 4.78 is 1.47. The largest absolute Gasteiger partial charge is 0.313 e. The van der Waals surface area contributed by atoms with Gasteiger partial charge in [-0.05, 0) is 24.2 Å². The number of hydrogen-bond acceptors (Lipinski definition) is 5. The highest BCUT2D eigenvalue weighted by atomic mass is 15.1. The van der Waals surface area contributed by atoms with Gasteiger partial charge in [-0.1, -0.05) is 13.0 Å². The third kappa shape index (κ3) is 2.74. The molecule has 1 aromatic carbocycles. The van der Waals surface area contributed by atoms with Crippen molar-refractivity contribution in [2.75, 3.05) is 6.54 Å². The highest BCUT2D eigenvalue weighted by Gasteiger charge is 2.14. The van der Waals surface area contributed by atoms with Crippen molar-refractivity contribution in [3.8, 4) is 23.9 Å². The van der Waals surface area contributed by atoms with E-state index in [0.29, 0.717) is 17.8 Å². The molecule has 102 valence electrons. The molecule has 2 aromatic rings. The van der Waals surface area contributed by atoms with Crippen molar-refractivity contribution in [1.82, 2.24) is 14.9 Å². The fourth-order valence-electron chi connectivity index (χ4n) is 1.98. The van der Waals surface area contributed by atoms with Gasteiger partial charge >= 0.3 is 0 Å². The molecule has 21 heavy (non-hydrogen) atoms. The topological polar surface area (TPSA) is 101 Å². The molecule has 0 atom stereocenters. The van der Waals surface area contributed by atoms with Crippen LogP contribution in [0.2, 0.25) is 0 Å². The van der Waals surface area contributed by atoms with Crippen LogP contribution in [0.15, 0.2) is 24.5 Å². The van der Waals surface area contributed by atoms with E-state index in [-0.39, 0.29) is 11.4 Å². The molecule has 0 aliphatic heterocycles. The van der Waals surface area contributed by atoms with Crippen molar-refractivity contribution in [3.63, 3.8) is 0 Å². The van der Waals surface area contributed by atoms with Gasteiger partial charge in [0.15, 0.2) is 11.4 Å². The fraction of sp³-hybridized carbons (Fsp3) is 0.200. The molecule has 0 spiro atoms. The summed E-state index contributed by atoms with van der Waals surface area (Å²) in [6, 6.07) is 11.3. The van der Waals surface area contributed by atoms with Gasteiger partial charge in [-0.3, -0.25) is 4.57 Å². The van der Waals surface area contributed by atoms with Crippen LogP contribution in [0.25, 0.3) is 5.69 Å². The summed E-state index contributed by atoms with van der Waals surface area (Å²) in [4.78, 5) is 3.89. The zero-order chi connectivity index (χ0) is 15.2. The molecule has 1 aromatic heterocycles. The van der Waals surface area contributed by atoms with E-state index in [9.17, 15) is 5.26 Å². The summed E-state index contributed by atoms with van der Waals surface area (Å²) >= 11 is 0. The summed E-state index contributed by atoms with van der Waals surface area (Å²) in [6.07, 6.45) is 1.39. The van der Waals surface area contributed by atoms with Gasteiger partial charge in [0.1, 0.15) is 24.5 Å². The average Bonchev–Trinajstić information content (AvgIpc) is 2.95. The molecule has 2 rings (SSSR count). The minimum atomic E-state index is 0.0538. The number of nitrogens with one attached hydrogen (secondary N) is 1. The maximum absolute atomic E-state index is 9.31. The number of rotatable bonds is 4. The highest BCUT2D eigenvalue weighted by molar-refractivity contribution is 5.54. The van der Waals surface area contributed by atoms with E-state index in [0.717, 1.165) is 12.1 Å². The van der Waals surface area contributed by atoms with Gasteiger partial charge in [0.2, 0.25) is 0 Å². The monoisotopic (exact) mass is 276 g/mol. The predicted molar refractivity (Wildman–Crippen MR) is 75.1 cm³/mol. The molecular formula is C15H12N6. The molecule has 0 saturated carbocycles. The number of nitrogens with zero attached hydrogens (tertiary/aromatic N) is 5. The van der Waals surface area contributed by atoms with Gasteiger partial charge in [0.25, 0.3) is 0 Å². The molecule has 1 N–H and O–H groups in total. The second kappa shape index (κ2) is 6.34. The minimum absolute atomic E-state index is 0.0538. The van der Waals surface area contributed by atoms with E-state index >= 15 is 0 Å². The fourth-order valence-corrected chi connectivity index (χ4v) is 1.98. The molecule has 0 saturated heterocycles. The molecular weight excluding hydrogens is 264 g/mol. The molecule has 6 heteroatoms. The molecule has 0 amide bonds. The molecule has 6 nitrogen and oxygen atoms in total. The summed E-state index contributed by atoms with van der Waals surface area (Å²) in [5.41, 5.74) is 2.15. The van der Waals surface area contributed by atoms with Crippen LogP contribution >= 0.6 is 0 Å². The lowest BCUT2D eigenvalue weighted by molar-refractivity contribution is 0.726. The van der Waals surface area contributed by atoms with Crippen molar-refractivity contribution < 1.29 is 0 Å². The lowest BCUT2D eigenvalue weighted by Gasteiger charge is -2.09. The molecule has 0 bridgehead atoms. The third-order valence-corrected chi connectivity index (χ3v) is 3.00. The Balaban J connectivity index is 2.51. The molecule has 0 aliphatic carbocycles. The molecule has 0 unspecified atom stereocenters. The first-order valence-electron chi connectivity index (χ1n) is 6.36. The standard InChI is InChI=1S/C15H12N6/c1-2-19-9-11-3-4-14(12(5-11)6-16)21-10-20-13(7-17)15(21)8-18/h3-5,10,19H,2,9H2,1H3. The van der Waals surface area contributed by atoms with Gasteiger partial charge < -0.3 is 5.32 Å². The van der Waals surface area contributed by atoms with Gasteiger partial charge in [-0.25, -0.2) is 4.98 Å². The van der Waals surface area contributed by atoms with Crippen molar-refractivity contribution >= 4 is 0 Å². The Morgan fingerprint density at radius 2 is 2.00 bits per heavy atom. The Bertz CT molecular complexity index is 782. The van der Waals surface area contributed by atoms with E-state index < -0.39 is 0 Å². The summed E-state index contributed by atoms with van der Waals surface area (Å²) in [7, 11) is 0.